The van der Waals surface area contributed by atoms with Gasteiger partial charge in [0.05, 0.1) is 7.11 Å². The summed E-state index contributed by atoms with van der Waals surface area (Å²) in [6.45, 7) is -1.73. The summed E-state index contributed by atoms with van der Waals surface area (Å²) >= 11 is 0. The number of amides is 2. The van der Waals surface area contributed by atoms with Gasteiger partial charge < -0.3 is 20.5 Å². The molecule has 0 aromatic heterocycles. The zero-order valence-corrected chi connectivity index (χ0v) is 12.1. The maximum Gasteiger partial charge on any atom is 0.405 e. The summed E-state index contributed by atoms with van der Waals surface area (Å²) in [5, 5.41) is 1.71. The molecule has 0 spiro atoms. The van der Waals surface area contributed by atoms with Crippen molar-refractivity contribution in [2.24, 2.45) is 5.73 Å². The topological polar surface area (TPSA) is 90.7 Å². The number of hydrogen-bond acceptors (Lipinski definition) is 4. The van der Waals surface area contributed by atoms with E-state index in [-0.39, 0.29) is 18.1 Å². The molecule has 0 aliphatic carbocycles. The first-order valence-corrected chi connectivity index (χ1v) is 6.33. The van der Waals surface area contributed by atoms with Gasteiger partial charge in [-0.15, -0.1) is 0 Å². The average molecular weight is 332 g/mol. The Kier molecular flexibility index (Phi) is 6.43. The first-order chi connectivity index (χ1) is 10.7. The van der Waals surface area contributed by atoms with Crippen molar-refractivity contribution in [2.75, 3.05) is 20.3 Å². The largest absolute Gasteiger partial charge is 0.493 e. The number of nitrogens with one attached hydrogen (secondary N) is 1. The van der Waals surface area contributed by atoms with E-state index in [0.717, 1.165) is 6.08 Å². The number of rotatable bonds is 7. The van der Waals surface area contributed by atoms with Gasteiger partial charge in [-0.3, -0.25) is 9.59 Å². The van der Waals surface area contributed by atoms with Crippen molar-refractivity contribution in [3.05, 3.63) is 29.8 Å². The Hall–Kier alpha value is -2.71. The minimum absolute atomic E-state index is 0.268. The second-order valence-corrected chi connectivity index (χ2v) is 4.33. The monoisotopic (exact) mass is 332 g/mol. The average Bonchev–Trinajstić information content (AvgIpc) is 2.48. The maximum absolute atomic E-state index is 11.9. The molecule has 3 N–H and O–H groups in total. The molecule has 0 fully saturated rings. The van der Waals surface area contributed by atoms with Crippen molar-refractivity contribution >= 4 is 17.9 Å². The van der Waals surface area contributed by atoms with Crippen molar-refractivity contribution in [1.82, 2.24) is 5.32 Å². The summed E-state index contributed by atoms with van der Waals surface area (Å²) in [5.74, 6) is -0.984. The molecule has 2 amide bonds. The second-order valence-electron chi connectivity index (χ2n) is 4.33. The van der Waals surface area contributed by atoms with E-state index in [9.17, 15) is 22.8 Å². The van der Waals surface area contributed by atoms with E-state index in [4.69, 9.17) is 15.2 Å². The Balaban J connectivity index is 2.72. The summed E-state index contributed by atoms with van der Waals surface area (Å²) in [4.78, 5) is 21.9. The van der Waals surface area contributed by atoms with Gasteiger partial charge in [0.25, 0.3) is 5.91 Å². The van der Waals surface area contributed by atoms with Crippen LogP contribution in [0.5, 0.6) is 11.5 Å². The molecule has 6 nitrogen and oxygen atoms in total. The lowest BCUT2D eigenvalue weighted by molar-refractivity contribution is -0.135. The molecule has 0 radical (unpaired) electrons. The van der Waals surface area contributed by atoms with Crippen molar-refractivity contribution in [2.45, 2.75) is 6.18 Å². The SMILES string of the molecule is COc1cc(/C=C/C(=O)NCC(F)(F)F)ccc1OCC(N)=O. The van der Waals surface area contributed by atoms with Crippen LogP contribution in [-0.4, -0.2) is 38.3 Å². The molecule has 0 bridgehead atoms. The van der Waals surface area contributed by atoms with Gasteiger partial charge in [-0.1, -0.05) is 6.07 Å². The van der Waals surface area contributed by atoms with Crippen LogP contribution in [0.15, 0.2) is 24.3 Å². The summed E-state index contributed by atoms with van der Waals surface area (Å²) in [6, 6.07) is 4.51. The third-order valence-corrected chi connectivity index (χ3v) is 2.45. The highest BCUT2D eigenvalue weighted by Crippen LogP contribution is 2.28. The predicted octanol–water partition coefficient (Wildman–Crippen LogP) is 1.25. The number of ether oxygens (including phenoxy) is 2. The molecule has 0 heterocycles. The fraction of sp³-hybridized carbons (Fsp3) is 0.286. The van der Waals surface area contributed by atoms with E-state index >= 15 is 0 Å². The quantitative estimate of drug-likeness (QED) is 0.735. The molecule has 0 aliphatic heterocycles. The fourth-order valence-electron chi connectivity index (χ4n) is 1.47. The lowest BCUT2D eigenvalue weighted by Gasteiger charge is -2.10. The van der Waals surface area contributed by atoms with Crippen molar-refractivity contribution in [3.63, 3.8) is 0 Å². The molecular formula is C14H15F3N2O4. The number of hydrogen-bond donors (Lipinski definition) is 2. The normalized spacial score (nSPS) is 11.3. The van der Waals surface area contributed by atoms with Crippen LogP contribution in [0.4, 0.5) is 13.2 Å². The molecule has 0 atom stereocenters. The Bertz CT molecular complexity index is 600. The molecule has 9 heteroatoms. The summed E-state index contributed by atoms with van der Waals surface area (Å²) in [5.41, 5.74) is 5.46. The van der Waals surface area contributed by atoms with E-state index in [1.165, 1.54) is 31.4 Å². The zero-order valence-electron chi connectivity index (χ0n) is 12.1. The van der Waals surface area contributed by atoms with Gasteiger partial charge in [0, 0.05) is 6.08 Å². The van der Waals surface area contributed by atoms with Crippen LogP contribution in [0.2, 0.25) is 0 Å². The van der Waals surface area contributed by atoms with E-state index in [2.05, 4.69) is 0 Å². The standard InChI is InChI=1S/C14H15F3N2O4/c1-22-11-6-9(2-4-10(11)23-7-12(18)20)3-5-13(21)19-8-14(15,16)17/h2-6H,7-8H2,1H3,(H2,18,20)(H,19,21)/b5-3+. The predicted molar refractivity (Wildman–Crippen MR) is 75.8 cm³/mol. The molecule has 1 aromatic carbocycles. The van der Waals surface area contributed by atoms with Crippen molar-refractivity contribution in [3.8, 4) is 11.5 Å². The number of carbonyl (C=O) groups is 2. The molecule has 126 valence electrons. The Morgan fingerprint density at radius 1 is 1.30 bits per heavy atom. The van der Waals surface area contributed by atoms with Gasteiger partial charge in [-0.05, 0) is 23.8 Å². The number of primary amides is 1. The first kappa shape index (κ1) is 18.3. The van der Waals surface area contributed by atoms with Crippen molar-refractivity contribution in [1.29, 1.82) is 0 Å². The molecular weight excluding hydrogens is 317 g/mol. The number of benzene rings is 1. The summed E-state index contributed by atoms with van der Waals surface area (Å²) < 4.78 is 46.0. The summed E-state index contributed by atoms with van der Waals surface area (Å²) in [7, 11) is 1.37. The smallest absolute Gasteiger partial charge is 0.405 e. The number of alkyl halides is 3. The molecule has 1 rings (SSSR count). The maximum atomic E-state index is 11.9. The van der Waals surface area contributed by atoms with Crippen LogP contribution in [0.3, 0.4) is 0 Å². The number of methoxy groups -OCH3 is 1. The molecule has 23 heavy (non-hydrogen) atoms. The van der Waals surface area contributed by atoms with Crippen LogP contribution in [0, 0.1) is 0 Å². The first-order valence-electron chi connectivity index (χ1n) is 6.33. The number of halogens is 3. The second kappa shape index (κ2) is 8.06. The number of carbonyl (C=O) groups excluding carboxylic acids is 2. The number of nitrogens with two attached hydrogens (primary N) is 1. The molecule has 0 aliphatic rings. The van der Waals surface area contributed by atoms with Crippen LogP contribution in [0.1, 0.15) is 5.56 Å². The van der Waals surface area contributed by atoms with Crippen LogP contribution < -0.4 is 20.5 Å². The molecule has 0 unspecified atom stereocenters. The van der Waals surface area contributed by atoms with Gasteiger partial charge in [-0.25, -0.2) is 0 Å². The molecule has 0 saturated carbocycles. The fourth-order valence-corrected chi connectivity index (χ4v) is 1.47. The van der Waals surface area contributed by atoms with Crippen molar-refractivity contribution < 1.29 is 32.2 Å². The summed E-state index contributed by atoms with van der Waals surface area (Å²) in [6.07, 6.45) is -2.19. The highest BCUT2D eigenvalue weighted by atomic mass is 19.4. The highest BCUT2D eigenvalue weighted by molar-refractivity contribution is 5.91. The van der Waals surface area contributed by atoms with Gasteiger partial charge in [-0.2, -0.15) is 13.2 Å². The lowest BCUT2D eigenvalue weighted by Crippen LogP contribution is -2.32. The van der Waals surface area contributed by atoms with Crippen LogP contribution >= 0.6 is 0 Å². The Morgan fingerprint density at radius 3 is 2.57 bits per heavy atom. The van der Waals surface area contributed by atoms with E-state index < -0.39 is 24.5 Å². The molecule has 0 saturated heterocycles. The van der Waals surface area contributed by atoms with E-state index in [1.54, 1.807) is 5.32 Å². The Labute approximate surface area is 130 Å². The lowest BCUT2D eigenvalue weighted by atomic mass is 10.2. The zero-order chi connectivity index (χ0) is 17.5. The molecule has 1 aromatic rings. The van der Waals surface area contributed by atoms with Crippen LogP contribution in [-0.2, 0) is 9.59 Å². The highest BCUT2D eigenvalue weighted by Gasteiger charge is 2.27. The van der Waals surface area contributed by atoms with Gasteiger partial charge in [0.2, 0.25) is 5.91 Å². The third-order valence-electron chi connectivity index (χ3n) is 2.45. The minimum Gasteiger partial charge on any atom is -0.493 e. The van der Waals surface area contributed by atoms with E-state index in [0.29, 0.717) is 5.56 Å². The minimum atomic E-state index is -4.47. The van der Waals surface area contributed by atoms with E-state index in [1.807, 2.05) is 0 Å². The Morgan fingerprint density at radius 2 is 2.00 bits per heavy atom. The van der Waals surface area contributed by atoms with Gasteiger partial charge in [0.1, 0.15) is 6.54 Å². The van der Waals surface area contributed by atoms with Gasteiger partial charge >= 0.3 is 6.18 Å². The third kappa shape index (κ3) is 7.21. The van der Waals surface area contributed by atoms with Crippen LogP contribution in [0.25, 0.3) is 6.08 Å². The van der Waals surface area contributed by atoms with Gasteiger partial charge in [0.15, 0.2) is 18.1 Å².